The number of hydrogen-bond acceptors (Lipinski definition) is 2. The van der Waals surface area contributed by atoms with Crippen LogP contribution in [-0.2, 0) is 11.3 Å². The van der Waals surface area contributed by atoms with Gasteiger partial charge in [0.1, 0.15) is 6.61 Å². The molecule has 1 aliphatic rings. The van der Waals surface area contributed by atoms with E-state index in [1.807, 2.05) is 35.2 Å². The van der Waals surface area contributed by atoms with Gasteiger partial charge in [0, 0.05) is 12.6 Å². The van der Waals surface area contributed by atoms with Crippen LogP contribution in [0.2, 0.25) is 0 Å². The van der Waals surface area contributed by atoms with Gasteiger partial charge in [-0.3, -0.25) is 0 Å². The summed E-state index contributed by atoms with van der Waals surface area (Å²) >= 11 is 0. The van der Waals surface area contributed by atoms with Gasteiger partial charge in [0.2, 0.25) is 0 Å². The second-order valence-electron chi connectivity index (χ2n) is 6.61. The number of hydrogen-bond donors (Lipinski definition) is 0. The van der Waals surface area contributed by atoms with Gasteiger partial charge in [0.25, 0.3) is 0 Å². The zero-order valence-electron chi connectivity index (χ0n) is 12.8. The van der Waals surface area contributed by atoms with Crippen LogP contribution in [0.1, 0.15) is 45.6 Å². The zero-order chi connectivity index (χ0) is 14.6. The summed E-state index contributed by atoms with van der Waals surface area (Å²) in [4.78, 5) is 14.3. The van der Waals surface area contributed by atoms with E-state index in [4.69, 9.17) is 4.74 Å². The maximum atomic E-state index is 12.3. The summed E-state index contributed by atoms with van der Waals surface area (Å²) in [6, 6.07) is 10.1. The van der Waals surface area contributed by atoms with Crippen molar-refractivity contribution in [3.63, 3.8) is 0 Å². The first-order chi connectivity index (χ1) is 9.48. The molecule has 1 aliphatic heterocycles. The van der Waals surface area contributed by atoms with Crippen molar-refractivity contribution in [3.8, 4) is 0 Å². The highest BCUT2D eigenvalue weighted by atomic mass is 16.6. The Morgan fingerprint density at radius 1 is 1.25 bits per heavy atom. The Morgan fingerprint density at radius 3 is 2.60 bits per heavy atom. The number of nitrogens with zero attached hydrogens (tertiary/aromatic N) is 1. The number of carbonyl (C=O) groups is 1. The molecule has 0 aromatic heterocycles. The number of ether oxygens (including phenoxy) is 1. The van der Waals surface area contributed by atoms with E-state index in [2.05, 4.69) is 20.8 Å². The summed E-state index contributed by atoms with van der Waals surface area (Å²) in [7, 11) is 0. The van der Waals surface area contributed by atoms with Crippen LogP contribution in [0, 0.1) is 5.41 Å². The molecule has 0 N–H and O–H groups in total. The van der Waals surface area contributed by atoms with Crippen LogP contribution in [0.15, 0.2) is 30.3 Å². The summed E-state index contributed by atoms with van der Waals surface area (Å²) in [5, 5.41) is 0. The third kappa shape index (κ3) is 3.75. The van der Waals surface area contributed by atoms with Gasteiger partial charge < -0.3 is 9.64 Å². The maximum Gasteiger partial charge on any atom is 0.410 e. The van der Waals surface area contributed by atoms with Crippen molar-refractivity contribution in [2.24, 2.45) is 5.41 Å². The zero-order valence-corrected chi connectivity index (χ0v) is 12.8. The molecule has 3 nitrogen and oxygen atoms in total. The van der Waals surface area contributed by atoms with Crippen LogP contribution in [0.4, 0.5) is 4.79 Å². The van der Waals surface area contributed by atoms with Gasteiger partial charge in [-0.05, 0) is 30.2 Å². The number of carbonyl (C=O) groups excluding carboxylic acids is 1. The van der Waals surface area contributed by atoms with E-state index >= 15 is 0 Å². The standard InChI is InChI=1S/C17H25NO2/c1-17(2,3)15-11-7-8-12-18(15)16(19)20-13-14-9-5-4-6-10-14/h4-6,9-10,15H,7-8,11-13H2,1-3H3. The Hall–Kier alpha value is -1.51. The lowest BCUT2D eigenvalue weighted by Gasteiger charge is -2.42. The van der Waals surface area contributed by atoms with E-state index in [1.165, 1.54) is 6.42 Å². The van der Waals surface area contributed by atoms with Crippen LogP contribution < -0.4 is 0 Å². The number of amides is 1. The molecule has 1 saturated heterocycles. The second kappa shape index (κ2) is 6.29. The second-order valence-corrected chi connectivity index (χ2v) is 6.61. The Bertz CT molecular complexity index is 436. The molecular weight excluding hydrogens is 250 g/mol. The van der Waals surface area contributed by atoms with E-state index in [0.717, 1.165) is 24.9 Å². The highest BCUT2D eigenvalue weighted by Gasteiger charge is 2.35. The molecule has 1 aromatic rings. The molecule has 1 fully saturated rings. The minimum Gasteiger partial charge on any atom is -0.445 e. The molecule has 0 aliphatic carbocycles. The van der Waals surface area contributed by atoms with Gasteiger partial charge in [-0.1, -0.05) is 51.1 Å². The summed E-state index contributed by atoms with van der Waals surface area (Å²) in [5.41, 5.74) is 1.14. The smallest absolute Gasteiger partial charge is 0.410 e. The van der Waals surface area contributed by atoms with E-state index in [0.29, 0.717) is 6.61 Å². The van der Waals surface area contributed by atoms with Crippen molar-refractivity contribution in [2.75, 3.05) is 6.54 Å². The van der Waals surface area contributed by atoms with Gasteiger partial charge in [-0.2, -0.15) is 0 Å². The number of rotatable bonds is 2. The fraction of sp³-hybridized carbons (Fsp3) is 0.588. The summed E-state index contributed by atoms with van der Waals surface area (Å²) in [6.45, 7) is 7.75. The van der Waals surface area contributed by atoms with E-state index in [-0.39, 0.29) is 17.6 Å². The molecule has 1 unspecified atom stereocenters. The summed E-state index contributed by atoms with van der Waals surface area (Å²) in [6.07, 6.45) is 3.18. The van der Waals surface area contributed by atoms with E-state index < -0.39 is 0 Å². The molecule has 1 aromatic carbocycles. The fourth-order valence-corrected chi connectivity index (χ4v) is 2.85. The van der Waals surface area contributed by atoms with Crippen molar-refractivity contribution in [2.45, 2.75) is 52.7 Å². The molecule has 2 rings (SSSR count). The molecule has 0 saturated carbocycles. The highest BCUT2D eigenvalue weighted by Crippen LogP contribution is 2.32. The highest BCUT2D eigenvalue weighted by molar-refractivity contribution is 5.68. The normalized spacial score (nSPS) is 19.8. The van der Waals surface area contributed by atoms with Crippen LogP contribution in [0.5, 0.6) is 0 Å². The third-order valence-corrected chi connectivity index (χ3v) is 3.94. The molecule has 0 radical (unpaired) electrons. The first-order valence-electron chi connectivity index (χ1n) is 7.46. The van der Waals surface area contributed by atoms with Gasteiger partial charge in [0.15, 0.2) is 0 Å². The van der Waals surface area contributed by atoms with Crippen molar-refractivity contribution in [1.29, 1.82) is 0 Å². The van der Waals surface area contributed by atoms with Crippen molar-refractivity contribution >= 4 is 6.09 Å². The van der Waals surface area contributed by atoms with Crippen LogP contribution in [0.25, 0.3) is 0 Å². The molecule has 1 atom stereocenters. The monoisotopic (exact) mass is 275 g/mol. The molecule has 1 amide bonds. The molecule has 3 heteroatoms. The lowest BCUT2D eigenvalue weighted by molar-refractivity contribution is 0.0349. The molecule has 0 spiro atoms. The quantitative estimate of drug-likeness (QED) is 0.808. The average molecular weight is 275 g/mol. The average Bonchev–Trinajstić information content (AvgIpc) is 2.45. The van der Waals surface area contributed by atoms with Crippen molar-refractivity contribution < 1.29 is 9.53 Å². The SMILES string of the molecule is CC(C)(C)C1CCCCN1C(=O)OCc1ccccc1. The summed E-state index contributed by atoms with van der Waals surface area (Å²) in [5.74, 6) is 0. The lowest BCUT2D eigenvalue weighted by atomic mass is 9.81. The number of piperidine rings is 1. The molecule has 1 heterocycles. The predicted molar refractivity (Wildman–Crippen MR) is 80.4 cm³/mol. The third-order valence-electron chi connectivity index (χ3n) is 3.94. The fourth-order valence-electron chi connectivity index (χ4n) is 2.85. The van der Waals surface area contributed by atoms with Gasteiger partial charge in [-0.25, -0.2) is 4.79 Å². The Labute approximate surface area is 121 Å². The molecule has 110 valence electrons. The maximum absolute atomic E-state index is 12.3. The first kappa shape index (κ1) is 14.9. The minimum atomic E-state index is -0.173. The van der Waals surface area contributed by atoms with Crippen molar-refractivity contribution in [3.05, 3.63) is 35.9 Å². The van der Waals surface area contributed by atoms with Crippen LogP contribution in [0.3, 0.4) is 0 Å². The number of likely N-dealkylation sites (tertiary alicyclic amines) is 1. The molecule has 0 bridgehead atoms. The van der Waals surface area contributed by atoms with Crippen LogP contribution >= 0.6 is 0 Å². The molecular formula is C17H25NO2. The predicted octanol–water partition coefficient (Wildman–Crippen LogP) is 4.22. The minimum absolute atomic E-state index is 0.103. The van der Waals surface area contributed by atoms with Gasteiger partial charge in [0.05, 0.1) is 0 Å². The Balaban J connectivity index is 1.96. The van der Waals surface area contributed by atoms with Crippen molar-refractivity contribution in [1.82, 2.24) is 4.90 Å². The van der Waals surface area contributed by atoms with Gasteiger partial charge >= 0.3 is 6.09 Å². The largest absolute Gasteiger partial charge is 0.445 e. The topological polar surface area (TPSA) is 29.5 Å². The summed E-state index contributed by atoms with van der Waals surface area (Å²) < 4.78 is 5.48. The Kier molecular flexibility index (Phi) is 4.69. The van der Waals surface area contributed by atoms with E-state index in [9.17, 15) is 4.79 Å². The van der Waals surface area contributed by atoms with Crippen LogP contribution in [-0.4, -0.2) is 23.6 Å². The lowest BCUT2D eigenvalue weighted by Crippen LogP contribution is -2.50. The molecule has 20 heavy (non-hydrogen) atoms. The van der Waals surface area contributed by atoms with Gasteiger partial charge in [-0.15, -0.1) is 0 Å². The van der Waals surface area contributed by atoms with E-state index in [1.54, 1.807) is 0 Å². The Morgan fingerprint density at radius 2 is 1.95 bits per heavy atom. The number of benzene rings is 1. The first-order valence-corrected chi connectivity index (χ1v) is 7.46.